The van der Waals surface area contributed by atoms with Crippen molar-refractivity contribution in [3.63, 3.8) is 0 Å². The smallest absolute Gasteiger partial charge is 0.138 e. The Kier molecular flexibility index (Phi) is 3.85. The molecule has 13 heavy (non-hydrogen) atoms. The molecule has 2 N–H and O–H groups in total. The second-order valence-electron chi connectivity index (χ2n) is 2.74. The fourth-order valence-corrected chi connectivity index (χ4v) is 1.29. The highest BCUT2D eigenvalue weighted by molar-refractivity contribution is 6.35. The van der Waals surface area contributed by atoms with Crippen LogP contribution in [-0.2, 0) is 0 Å². The highest BCUT2D eigenvalue weighted by atomic mass is 35.5. The summed E-state index contributed by atoms with van der Waals surface area (Å²) < 4.78 is 5.43. The van der Waals surface area contributed by atoms with Gasteiger partial charge in [-0.3, -0.25) is 0 Å². The van der Waals surface area contributed by atoms with Gasteiger partial charge in [-0.15, -0.1) is 0 Å². The summed E-state index contributed by atoms with van der Waals surface area (Å²) in [6.45, 7) is 2.34. The average molecular weight is 220 g/mol. The molecule has 0 saturated carbocycles. The van der Waals surface area contributed by atoms with Crippen LogP contribution in [0.4, 0.5) is 0 Å². The lowest BCUT2D eigenvalue weighted by molar-refractivity contribution is 0.230. The van der Waals surface area contributed by atoms with E-state index in [-0.39, 0.29) is 6.10 Å². The Morgan fingerprint density at radius 3 is 2.69 bits per heavy atom. The van der Waals surface area contributed by atoms with Gasteiger partial charge in [0.05, 0.1) is 5.02 Å². The lowest BCUT2D eigenvalue weighted by Gasteiger charge is -2.13. The second-order valence-corrected chi connectivity index (χ2v) is 3.58. The van der Waals surface area contributed by atoms with Crippen molar-refractivity contribution in [2.75, 3.05) is 6.54 Å². The van der Waals surface area contributed by atoms with E-state index in [4.69, 9.17) is 33.7 Å². The molecule has 0 heterocycles. The predicted octanol–water partition coefficient (Wildman–Crippen LogP) is 2.72. The minimum absolute atomic E-state index is 0.0429. The first-order valence-corrected chi connectivity index (χ1v) is 4.71. The molecule has 1 atom stereocenters. The molecule has 1 aromatic carbocycles. The second kappa shape index (κ2) is 4.70. The van der Waals surface area contributed by atoms with Gasteiger partial charge in [0.25, 0.3) is 0 Å². The van der Waals surface area contributed by atoms with Crippen molar-refractivity contribution in [3.05, 3.63) is 28.2 Å². The van der Waals surface area contributed by atoms with Gasteiger partial charge in [0.2, 0.25) is 0 Å². The summed E-state index contributed by atoms with van der Waals surface area (Å²) >= 11 is 11.6. The standard InChI is InChI=1S/C9H11Cl2NO/c1-6(5-12)13-9-3-2-7(10)4-8(9)11/h2-4,6H,5,12H2,1H3. The van der Waals surface area contributed by atoms with Gasteiger partial charge in [-0.1, -0.05) is 23.2 Å². The Hall–Kier alpha value is -0.440. The molecule has 0 bridgehead atoms. The van der Waals surface area contributed by atoms with Crippen LogP contribution in [0.3, 0.4) is 0 Å². The molecule has 0 amide bonds. The van der Waals surface area contributed by atoms with Crippen LogP contribution in [-0.4, -0.2) is 12.6 Å². The molecule has 1 rings (SSSR count). The number of nitrogens with two attached hydrogens (primary N) is 1. The van der Waals surface area contributed by atoms with Gasteiger partial charge in [0.1, 0.15) is 11.9 Å². The van der Waals surface area contributed by atoms with Gasteiger partial charge in [0.15, 0.2) is 0 Å². The average Bonchev–Trinajstić information content (AvgIpc) is 2.09. The first kappa shape index (κ1) is 10.6. The van der Waals surface area contributed by atoms with E-state index in [2.05, 4.69) is 0 Å². The number of hydrogen-bond acceptors (Lipinski definition) is 2. The van der Waals surface area contributed by atoms with Crippen molar-refractivity contribution >= 4 is 23.2 Å². The SMILES string of the molecule is CC(CN)Oc1ccc(Cl)cc1Cl. The maximum atomic E-state index is 5.88. The molecule has 4 heteroatoms. The third-order valence-corrected chi connectivity index (χ3v) is 2.08. The molecule has 0 radical (unpaired) electrons. The zero-order valence-electron chi connectivity index (χ0n) is 7.26. The van der Waals surface area contributed by atoms with Crippen LogP contribution in [0.25, 0.3) is 0 Å². The highest BCUT2D eigenvalue weighted by Gasteiger charge is 2.05. The van der Waals surface area contributed by atoms with Crippen molar-refractivity contribution in [2.24, 2.45) is 5.73 Å². The lowest BCUT2D eigenvalue weighted by Crippen LogP contribution is -2.22. The number of rotatable bonds is 3. The molecule has 0 aliphatic heterocycles. The Balaban J connectivity index is 2.77. The topological polar surface area (TPSA) is 35.2 Å². The fraction of sp³-hybridized carbons (Fsp3) is 0.333. The van der Waals surface area contributed by atoms with E-state index in [0.29, 0.717) is 22.3 Å². The Morgan fingerprint density at radius 1 is 1.46 bits per heavy atom. The number of ether oxygens (including phenoxy) is 1. The molecule has 0 fully saturated rings. The molecular formula is C9H11Cl2NO. The van der Waals surface area contributed by atoms with E-state index in [9.17, 15) is 0 Å². The Labute approximate surface area is 87.6 Å². The fourth-order valence-electron chi connectivity index (χ4n) is 0.836. The molecule has 72 valence electrons. The van der Waals surface area contributed by atoms with Gasteiger partial charge in [0, 0.05) is 11.6 Å². The highest BCUT2D eigenvalue weighted by Crippen LogP contribution is 2.27. The summed E-state index contributed by atoms with van der Waals surface area (Å²) in [5, 5.41) is 1.10. The van der Waals surface area contributed by atoms with E-state index in [0.717, 1.165) is 0 Å². The molecule has 0 aliphatic rings. The van der Waals surface area contributed by atoms with E-state index in [1.165, 1.54) is 0 Å². The number of benzene rings is 1. The summed E-state index contributed by atoms with van der Waals surface area (Å²) in [7, 11) is 0. The van der Waals surface area contributed by atoms with E-state index < -0.39 is 0 Å². The Bertz CT molecular complexity index is 291. The molecular weight excluding hydrogens is 209 g/mol. The summed E-state index contributed by atoms with van der Waals surface area (Å²) in [6.07, 6.45) is -0.0429. The van der Waals surface area contributed by atoms with E-state index in [1.54, 1.807) is 18.2 Å². The van der Waals surface area contributed by atoms with Crippen LogP contribution in [0.15, 0.2) is 18.2 Å². The monoisotopic (exact) mass is 219 g/mol. The molecule has 1 unspecified atom stereocenters. The van der Waals surface area contributed by atoms with Gasteiger partial charge in [-0.25, -0.2) is 0 Å². The maximum Gasteiger partial charge on any atom is 0.138 e. The third kappa shape index (κ3) is 3.07. The van der Waals surface area contributed by atoms with Crippen LogP contribution in [0, 0.1) is 0 Å². The summed E-state index contributed by atoms with van der Waals surface area (Å²) in [4.78, 5) is 0. The van der Waals surface area contributed by atoms with Crippen LogP contribution in [0.1, 0.15) is 6.92 Å². The summed E-state index contributed by atoms with van der Waals surface area (Å²) in [5.41, 5.74) is 5.41. The molecule has 0 aliphatic carbocycles. The van der Waals surface area contributed by atoms with Crippen LogP contribution >= 0.6 is 23.2 Å². The quantitative estimate of drug-likeness (QED) is 0.849. The van der Waals surface area contributed by atoms with Gasteiger partial charge in [-0.05, 0) is 25.1 Å². The maximum absolute atomic E-state index is 5.88. The molecule has 0 spiro atoms. The third-order valence-electron chi connectivity index (χ3n) is 1.55. The first-order valence-electron chi connectivity index (χ1n) is 3.95. The van der Waals surface area contributed by atoms with Crippen molar-refractivity contribution in [1.82, 2.24) is 0 Å². The van der Waals surface area contributed by atoms with Crippen LogP contribution in [0.2, 0.25) is 10.0 Å². The largest absolute Gasteiger partial charge is 0.488 e. The zero-order chi connectivity index (χ0) is 9.84. The van der Waals surface area contributed by atoms with Crippen LogP contribution in [0.5, 0.6) is 5.75 Å². The summed E-state index contributed by atoms with van der Waals surface area (Å²) in [6, 6.07) is 5.10. The minimum Gasteiger partial charge on any atom is -0.488 e. The molecule has 0 saturated heterocycles. The van der Waals surface area contributed by atoms with Crippen molar-refractivity contribution in [2.45, 2.75) is 13.0 Å². The van der Waals surface area contributed by atoms with Crippen LogP contribution < -0.4 is 10.5 Å². The predicted molar refractivity (Wildman–Crippen MR) is 55.6 cm³/mol. The molecule has 1 aromatic rings. The van der Waals surface area contributed by atoms with Gasteiger partial charge in [-0.2, -0.15) is 0 Å². The summed E-state index contributed by atoms with van der Waals surface area (Å²) in [5.74, 6) is 0.615. The Morgan fingerprint density at radius 2 is 2.15 bits per heavy atom. The minimum atomic E-state index is -0.0429. The number of halogens is 2. The van der Waals surface area contributed by atoms with E-state index in [1.807, 2.05) is 6.92 Å². The van der Waals surface area contributed by atoms with E-state index >= 15 is 0 Å². The van der Waals surface area contributed by atoms with Gasteiger partial charge >= 0.3 is 0 Å². The van der Waals surface area contributed by atoms with Gasteiger partial charge < -0.3 is 10.5 Å². The van der Waals surface area contributed by atoms with Crippen molar-refractivity contribution in [3.8, 4) is 5.75 Å². The zero-order valence-corrected chi connectivity index (χ0v) is 8.77. The number of hydrogen-bond donors (Lipinski definition) is 1. The molecule has 0 aromatic heterocycles. The molecule has 2 nitrogen and oxygen atoms in total. The van der Waals surface area contributed by atoms with Crippen molar-refractivity contribution < 1.29 is 4.74 Å². The lowest BCUT2D eigenvalue weighted by atomic mass is 10.3. The first-order chi connectivity index (χ1) is 6.13. The van der Waals surface area contributed by atoms with Crippen molar-refractivity contribution in [1.29, 1.82) is 0 Å². The normalized spacial score (nSPS) is 12.6.